The number of para-hydroxylation sites is 1. The number of pyridine rings is 2. The molecule has 5 aromatic rings. The number of nitrogens with two attached hydrogens (primary N) is 1. The Kier molecular flexibility index (Phi) is 5.96. The number of hydrogen-bond donors (Lipinski definition) is 3. The van der Waals surface area contributed by atoms with E-state index in [0.29, 0.717) is 24.4 Å². The number of carbonyl (C=O) groups excluding carboxylic acids is 1. The van der Waals surface area contributed by atoms with Crippen molar-refractivity contribution < 1.29 is 9.53 Å². The molecule has 0 saturated heterocycles. The fourth-order valence-electron chi connectivity index (χ4n) is 4.62. The smallest absolute Gasteiger partial charge is 0.256 e. The van der Waals surface area contributed by atoms with Gasteiger partial charge in [-0.1, -0.05) is 30.3 Å². The van der Waals surface area contributed by atoms with Crippen LogP contribution in [-0.4, -0.2) is 33.5 Å². The molecule has 0 aliphatic carbocycles. The average Bonchev–Trinajstić information content (AvgIpc) is 3.48. The SMILES string of the molecule is N[C@H](COc1cncc(-c2ccc3c(c2)/C(=C/c2ccccn2)C(=O)N3)c1)Cc1c[nH]c2ccccc12. The van der Waals surface area contributed by atoms with E-state index in [0.717, 1.165) is 33.6 Å². The fourth-order valence-corrected chi connectivity index (χ4v) is 4.62. The Morgan fingerprint density at radius 3 is 2.78 bits per heavy atom. The zero-order chi connectivity index (χ0) is 25.2. The van der Waals surface area contributed by atoms with Crippen molar-refractivity contribution in [3.8, 4) is 16.9 Å². The van der Waals surface area contributed by atoms with Gasteiger partial charge >= 0.3 is 0 Å². The Morgan fingerprint density at radius 1 is 1.00 bits per heavy atom. The summed E-state index contributed by atoms with van der Waals surface area (Å²) in [4.78, 5) is 24.6. The number of rotatable bonds is 7. The molecule has 0 unspecified atom stereocenters. The van der Waals surface area contributed by atoms with Gasteiger partial charge in [0.25, 0.3) is 5.91 Å². The van der Waals surface area contributed by atoms with Crippen molar-refractivity contribution in [3.63, 3.8) is 0 Å². The highest BCUT2D eigenvalue weighted by Gasteiger charge is 2.24. The molecule has 1 aliphatic rings. The van der Waals surface area contributed by atoms with Gasteiger partial charge in [0.05, 0.1) is 17.5 Å². The van der Waals surface area contributed by atoms with Gasteiger partial charge in [-0.25, -0.2) is 0 Å². The van der Waals surface area contributed by atoms with Crippen LogP contribution in [-0.2, 0) is 11.2 Å². The topological polar surface area (TPSA) is 106 Å². The summed E-state index contributed by atoms with van der Waals surface area (Å²) in [6, 6.07) is 21.4. The zero-order valence-corrected chi connectivity index (χ0v) is 20.0. The molecule has 2 aromatic carbocycles. The maximum Gasteiger partial charge on any atom is 0.256 e. The van der Waals surface area contributed by atoms with E-state index >= 15 is 0 Å². The van der Waals surface area contributed by atoms with Crippen LogP contribution in [0.5, 0.6) is 5.75 Å². The van der Waals surface area contributed by atoms with Crippen molar-refractivity contribution in [1.29, 1.82) is 0 Å². The van der Waals surface area contributed by atoms with E-state index in [1.165, 1.54) is 10.9 Å². The number of amides is 1. The first-order chi connectivity index (χ1) is 18.1. The van der Waals surface area contributed by atoms with Gasteiger partial charge in [0.1, 0.15) is 12.4 Å². The number of aromatic nitrogens is 3. The van der Waals surface area contributed by atoms with Gasteiger partial charge in [0, 0.05) is 52.3 Å². The molecule has 3 aromatic heterocycles. The molecule has 0 spiro atoms. The van der Waals surface area contributed by atoms with Crippen LogP contribution in [0.4, 0.5) is 5.69 Å². The van der Waals surface area contributed by atoms with Gasteiger partial charge in [0.2, 0.25) is 0 Å². The lowest BCUT2D eigenvalue weighted by Crippen LogP contribution is -2.30. The van der Waals surface area contributed by atoms with Crippen LogP contribution in [0.2, 0.25) is 0 Å². The van der Waals surface area contributed by atoms with Gasteiger partial charge in [0.15, 0.2) is 0 Å². The van der Waals surface area contributed by atoms with Crippen LogP contribution in [0.15, 0.2) is 91.5 Å². The lowest BCUT2D eigenvalue weighted by Gasteiger charge is -2.13. The Balaban J connectivity index is 1.18. The molecule has 7 nitrogen and oxygen atoms in total. The number of nitrogens with zero attached hydrogens (tertiary/aromatic N) is 2. The molecule has 0 bridgehead atoms. The summed E-state index contributed by atoms with van der Waals surface area (Å²) in [6.07, 6.45) is 9.70. The Bertz CT molecular complexity index is 1620. The third-order valence-corrected chi connectivity index (χ3v) is 6.45. The van der Waals surface area contributed by atoms with Crippen LogP contribution in [0.3, 0.4) is 0 Å². The number of benzene rings is 2. The van der Waals surface area contributed by atoms with E-state index in [4.69, 9.17) is 10.5 Å². The normalized spacial score (nSPS) is 14.5. The molecule has 0 fully saturated rings. The molecule has 4 N–H and O–H groups in total. The molecule has 182 valence electrons. The summed E-state index contributed by atoms with van der Waals surface area (Å²) in [6.45, 7) is 0.365. The van der Waals surface area contributed by atoms with E-state index in [1.54, 1.807) is 24.7 Å². The second-order valence-electron chi connectivity index (χ2n) is 9.07. The van der Waals surface area contributed by atoms with Crippen LogP contribution in [0.25, 0.3) is 33.7 Å². The molecule has 0 radical (unpaired) electrons. The molecule has 1 aliphatic heterocycles. The number of aromatic amines is 1. The van der Waals surface area contributed by atoms with Gasteiger partial charge in [-0.2, -0.15) is 0 Å². The molecule has 6 rings (SSSR count). The minimum absolute atomic E-state index is 0.141. The quantitative estimate of drug-likeness (QED) is 0.278. The molecule has 1 amide bonds. The van der Waals surface area contributed by atoms with Crippen LogP contribution in [0.1, 0.15) is 16.8 Å². The van der Waals surface area contributed by atoms with E-state index in [9.17, 15) is 4.79 Å². The van der Waals surface area contributed by atoms with Crippen molar-refractivity contribution in [2.24, 2.45) is 5.73 Å². The minimum atomic E-state index is -0.167. The number of anilines is 1. The van der Waals surface area contributed by atoms with E-state index in [2.05, 4.69) is 32.4 Å². The second kappa shape index (κ2) is 9.72. The predicted molar refractivity (Wildman–Crippen MR) is 146 cm³/mol. The third kappa shape index (κ3) is 4.72. The molecule has 4 heterocycles. The summed E-state index contributed by atoms with van der Waals surface area (Å²) in [5.74, 6) is 0.503. The summed E-state index contributed by atoms with van der Waals surface area (Å²) in [7, 11) is 0. The number of hydrogen-bond acceptors (Lipinski definition) is 5. The lowest BCUT2D eigenvalue weighted by molar-refractivity contribution is -0.110. The first-order valence-corrected chi connectivity index (χ1v) is 12.1. The van der Waals surface area contributed by atoms with Crippen molar-refractivity contribution in [3.05, 3.63) is 108 Å². The number of carbonyl (C=O) groups is 1. The number of ether oxygens (including phenoxy) is 1. The molecule has 0 saturated carbocycles. The van der Waals surface area contributed by atoms with E-state index in [1.807, 2.05) is 60.8 Å². The number of H-pyrrole nitrogens is 1. The van der Waals surface area contributed by atoms with Crippen molar-refractivity contribution in [1.82, 2.24) is 15.0 Å². The zero-order valence-electron chi connectivity index (χ0n) is 20.0. The summed E-state index contributed by atoms with van der Waals surface area (Å²) < 4.78 is 6.02. The average molecular weight is 488 g/mol. The maximum atomic E-state index is 12.6. The molecule has 1 atom stereocenters. The summed E-state index contributed by atoms with van der Waals surface area (Å²) in [5, 5.41) is 4.11. The van der Waals surface area contributed by atoms with Gasteiger partial charge in [-0.15, -0.1) is 0 Å². The largest absolute Gasteiger partial charge is 0.490 e. The summed E-state index contributed by atoms with van der Waals surface area (Å²) in [5.41, 5.74) is 13.4. The third-order valence-electron chi connectivity index (χ3n) is 6.45. The Labute approximate surface area is 214 Å². The van der Waals surface area contributed by atoms with E-state index < -0.39 is 0 Å². The molecular formula is C30H25N5O2. The highest BCUT2D eigenvalue weighted by atomic mass is 16.5. The van der Waals surface area contributed by atoms with Crippen LogP contribution < -0.4 is 15.8 Å². The standard InChI is InChI=1S/C30H25N5O2/c31-22(11-21-16-34-28-7-2-1-6-25(21)28)18-37-24-12-20(15-32-17-24)19-8-9-29-26(13-19)27(30(36)35-29)14-23-5-3-4-10-33-23/h1-10,12-17,22,34H,11,18,31H2,(H,35,36)/b27-14-/t22-/m0/s1. The van der Waals surface area contributed by atoms with Crippen LogP contribution >= 0.6 is 0 Å². The molecular weight excluding hydrogens is 462 g/mol. The highest BCUT2D eigenvalue weighted by molar-refractivity contribution is 6.35. The Morgan fingerprint density at radius 2 is 1.89 bits per heavy atom. The van der Waals surface area contributed by atoms with Crippen molar-refractivity contribution >= 4 is 34.1 Å². The number of nitrogens with one attached hydrogen (secondary N) is 2. The van der Waals surface area contributed by atoms with Gasteiger partial charge in [-0.3, -0.25) is 14.8 Å². The number of fused-ring (bicyclic) bond motifs is 2. The molecule has 37 heavy (non-hydrogen) atoms. The van der Waals surface area contributed by atoms with Gasteiger partial charge < -0.3 is 20.8 Å². The minimum Gasteiger partial charge on any atom is -0.490 e. The first-order valence-electron chi connectivity index (χ1n) is 12.1. The fraction of sp³-hybridized carbons (Fsp3) is 0.100. The van der Waals surface area contributed by atoms with Crippen LogP contribution in [0, 0.1) is 0 Å². The summed E-state index contributed by atoms with van der Waals surface area (Å²) >= 11 is 0. The maximum absolute atomic E-state index is 12.6. The molecule has 7 heteroatoms. The van der Waals surface area contributed by atoms with Gasteiger partial charge in [-0.05, 0) is 60.0 Å². The lowest BCUT2D eigenvalue weighted by atomic mass is 9.99. The Hall–Kier alpha value is -4.75. The second-order valence-corrected chi connectivity index (χ2v) is 9.07. The highest BCUT2D eigenvalue weighted by Crippen LogP contribution is 2.36. The monoisotopic (exact) mass is 487 g/mol. The van der Waals surface area contributed by atoms with Crippen molar-refractivity contribution in [2.45, 2.75) is 12.5 Å². The van der Waals surface area contributed by atoms with E-state index in [-0.39, 0.29) is 11.9 Å². The predicted octanol–water partition coefficient (Wildman–Crippen LogP) is 5.07. The first kappa shape index (κ1) is 22.7. The van der Waals surface area contributed by atoms with Crippen molar-refractivity contribution in [2.75, 3.05) is 11.9 Å².